The van der Waals surface area contributed by atoms with Gasteiger partial charge in [0, 0.05) is 5.92 Å². The number of benzene rings is 1. The number of fused-ring (bicyclic) bond motifs is 1. The molecule has 0 spiro atoms. The molecule has 0 saturated carbocycles. The van der Waals surface area contributed by atoms with Crippen LogP contribution in [0, 0.1) is 5.92 Å². The van der Waals surface area contributed by atoms with E-state index in [0.717, 1.165) is 0 Å². The highest BCUT2D eigenvalue weighted by molar-refractivity contribution is 6.66. The van der Waals surface area contributed by atoms with Crippen molar-refractivity contribution in [3.63, 3.8) is 0 Å². The van der Waals surface area contributed by atoms with Gasteiger partial charge in [-0.3, -0.25) is 9.59 Å². The van der Waals surface area contributed by atoms with Crippen molar-refractivity contribution in [2.75, 3.05) is 14.2 Å². The average molecular weight is 504 g/mol. The number of methoxy groups -OCH3 is 2. The highest BCUT2D eigenvalue weighted by Crippen LogP contribution is 2.57. The summed E-state index contributed by atoms with van der Waals surface area (Å²) in [5.41, 5.74) is 1.18. The average Bonchev–Trinajstić information content (AvgIpc) is 2.77. The Kier molecular flexibility index (Phi) is 6.55. The Bertz CT molecular complexity index is 1050. The van der Waals surface area contributed by atoms with Gasteiger partial charge in [0.2, 0.25) is 5.75 Å². The predicted octanol–water partition coefficient (Wildman–Crippen LogP) is 5.35. The minimum Gasteiger partial charge on any atom is -0.502 e. The van der Waals surface area contributed by atoms with E-state index in [2.05, 4.69) is 6.58 Å². The standard InChI is InChI=1S/C22H18Cl4O5/c1-4-12-7-8-21(25)19(28)16(23)17(24)20(29)22(21,26)13(12)6-5-11-9-14(30-2)18(27)15(10-11)31-3/h4-7,9-10,13,27H,1,8H2,2-3H3. The highest BCUT2D eigenvalue weighted by atomic mass is 35.5. The fourth-order valence-corrected chi connectivity index (χ4v) is 5.20. The lowest BCUT2D eigenvalue weighted by Crippen LogP contribution is -2.64. The molecule has 9 heteroatoms. The zero-order valence-electron chi connectivity index (χ0n) is 16.5. The van der Waals surface area contributed by atoms with Crippen LogP contribution in [0.5, 0.6) is 17.2 Å². The first-order valence-electron chi connectivity index (χ1n) is 9.05. The van der Waals surface area contributed by atoms with Crippen molar-refractivity contribution in [2.24, 2.45) is 5.92 Å². The molecule has 2 aliphatic carbocycles. The van der Waals surface area contributed by atoms with Gasteiger partial charge < -0.3 is 14.6 Å². The third kappa shape index (κ3) is 3.48. The number of allylic oxidation sites excluding steroid dienone is 6. The summed E-state index contributed by atoms with van der Waals surface area (Å²) in [7, 11) is 2.81. The predicted molar refractivity (Wildman–Crippen MR) is 123 cm³/mol. The van der Waals surface area contributed by atoms with Gasteiger partial charge in [0.25, 0.3) is 0 Å². The van der Waals surface area contributed by atoms with E-state index in [0.29, 0.717) is 11.1 Å². The van der Waals surface area contributed by atoms with Crippen LogP contribution in [-0.2, 0) is 9.59 Å². The normalized spacial score (nSPS) is 28.5. The second-order valence-corrected chi connectivity index (χ2v) is 9.02. The van der Waals surface area contributed by atoms with Crippen molar-refractivity contribution in [3.05, 3.63) is 58.1 Å². The molecule has 3 rings (SSSR count). The zero-order chi connectivity index (χ0) is 23.1. The van der Waals surface area contributed by atoms with Crippen molar-refractivity contribution in [3.8, 4) is 17.2 Å². The van der Waals surface area contributed by atoms with Crippen molar-refractivity contribution < 1.29 is 24.2 Å². The Labute approximate surface area is 199 Å². The van der Waals surface area contributed by atoms with E-state index in [1.54, 1.807) is 36.4 Å². The Hall–Kier alpha value is -1.92. The number of carbonyl (C=O) groups excluding carboxylic acids is 2. The molecule has 164 valence electrons. The van der Waals surface area contributed by atoms with E-state index in [4.69, 9.17) is 55.9 Å². The molecule has 0 amide bonds. The van der Waals surface area contributed by atoms with Gasteiger partial charge in [-0.15, -0.1) is 23.2 Å². The van der Waals surface area contributed by atoms with Crippen molar-refractivity contribution in [2.45, 2.75) is 16.2 Å². The second kappa shape index (κ2) is 8.55. The van der Waals surface area contributed by atoms with Gasteiger partial charge >= 0.3 is 0 Å². The number of phenols is 1. The summed E-state index contributed by atoms with van der Waals surface area (Å²) in [5, 5.41) is 9.23. The number of ether oxygens (including phenoxy) is 2. The summed E-state index contributed by atoms with van der Waals surface area (Å²) < 4.78 is 10.3. The minimum atomic E-state index is -1.92. The van der Waals surface area contributed by atoms with Crippen LogP contribution in [0.15, 0.2) is 52.6 Å². The molecule has 0 radical (unpaired) electrons. The third-order valence-electron chi connectivity index (χ3n) is 5.48. The third-order valence-corrected chi connectivity index (χ3v) is 7.75. The van der Waals surface area contributed by atoms with Crippen LogP contribution in [-0.4, -0.2) is 40.6 Å². The van der Waals surface area contributed by atoms with Crippen LogP contribution in [0.25, 0.3) is 6.08 Å². The first-order valence-corrected chi connectivity index (χ1v) is 10.6. The SMILES string of the molecule is C=CC1=CCC2(Cl)C(=O)C(Cl)=C(Cl)C(=O)C2(Cl)C1C=Cc1cc(OC)c(O)c(OC)c1. The monoisotopic (exact) mass is 502 g/mol. The number of hydrogen-bond acceptors (Lipinski definition) is 5. The number of hydrogen-bond donors (Lipinski definition) is 1. The lowest BCUT2D eigenvalue weighted by atomic mass is 9.64. The largest absolute Gasteiger partial charge is 0.502 e. The maximum absolute atomic E-state index is 13.2. The molecule has 3 unspecified atom stereocenters. The fraction of sp³-hybridized carbons (Fsp3) is 0.273. The molecule has 5 nitrogen and oxygen atoms in total. The molecule has 1 aromatic rings. The highest BCUT2D eigenvalue weighted by Gasteiger charge is 2.67. The molecule has 0 saturated heterocycles. The van der Waals surface area contributed by atoms with Crippen LogP contribution in [0.1, 0.15) is 12.0 Å². The molecule has 0 aliphatic heterocycles. The summed E-state index contributed by atoms with van der Waals surface area (Å²) in [5.74, 6) is -2.06. The van der Waals surface area contributed by atoms with E-state index >= 15 is 0 Å². The maximum Gasteiger partial charge on any atom is 0.200 e. The van der Waals surface area contributed by atoms with Gasteiger partial charge in [0.1, 0.15) is 19.8 Å². The molecule has 1 N–H and O–H groups in total. The van der Waals surface area contributed by atoms with Crippen LogP contribution in [0.4, 0.5) is 0 Å². The van der Waals surface area contributed by atoms with Gasteiger partial charge in [-0.1, -0.05) is 54.1 Å². The molecule has 0 aromatic heterocycles. The van der Waals surface area contributed by atoms with Gasteiger partial charge in [-0.05, 0) is 29.7 Å². The lowest BCUT2D eigenvalue weighted by molar-refractivity contribution is -0.127. The van der Waals surface area contributed by atoms with E-state index in [1.807, 2.05) is 0 Å². The van der Waals surface area contributed by atoms with E-state index in [9.17, 15) is 14.7 Å². The van der Waals surface area contributed by atoms with E-state index in [-0.39, 0.29) is 23.7 Å². The Morgan fingerprint density at radius 3 is 2.16 bits per heavy atom. The molecular formula is C22H18Cl4O5. The van der Waals surface area contributed by atoms with Crippen LogP contribution < -0.4 is 9.47 Å². The first-order chi connectivity index (χ1) is 14.6. The molecule has 2 aliphatic rings. The summed E-state index contributed by atoms with van der Waals surface area (Å²) in [6, 6.07) is 3.14. The number of Topliss-reactive ketones (excluding diaryl/α,β-unsaturated/α-hetero) is 2. The Balaban J connectivity index is 2.16. The van der Waals surface area contributed by atoms with Crippen molar-refractivity contribution in [1.29, 1.82) is 0 Å². The number of alkyl halides is 2. The maximum atomic E-state index is 13.2. The van der Waals surface area contributed by atoms with E-state index in [1.165, 1.54) is 14.2 Å². The van der Waals surface area contributed by atoms with Crippen LogP contribution >= 0.6 is 46.4 Å². The smallest absolute Gasteiger partial charge is 0.200 e. The molecule has 0 bridgehead atoms. The van der Waals surface area contributed by atoms with Crippen LogP contribution in [0.2, 0.25) is 0 Å². The number of phenolic OH excluding ortho intramolecular Hbond substituents is 1. The van der Waals surface area contributed by atoms with Gasteiger partial charge in [-0.25, -0.2) is 0 Å². The molecule has 0 fully saturated rings. The Morgan fingerprint density at radius 1 is 1.10 bits per heavy atom. The van der Waals surface area contributed by atoms with Crippen molar-refractivity contribution >= 4 is 64.0 Å². The summed E-state index contributed by atoms with van der Waals surface area (Å²) >= 11 is 25.6. The first kappa shape index (κ1) is 23.7. The quantitative estimate of drug-likeness (QED) is 0.548. The number of aromatic hydroxyl groups is 1. The van der Waals surface area contributed by atoms with Crippen LogP contribution in [0.3, 0.4) is 0 Å². The van der Waals surface area contributed by atoms with E-state index < -0.39 is 37.3 Å². The van der Waals surface area contributed by atoms with Crippen molar-refractivity contribution in [1.82, 2.24) is 0 Å². The summed E-state index contributed by atoms with van der Waals surface area (Å²) in [4.78, 5) is 22.3. The van der Waals surface area contributed by atoms with Gasteiger partial charge in [0.15, 0.2) is 23.1 Å². The topological polar surface area (TPSA) is 72.8 Å². The minimum absolute atomic E-state index is 0.0183. The summed E-state index contributed by atoms with van der Waals surface area (Å²) in [6.07, 6.45) is 6.48. The van der Waals surface area contributed by atoms with Gasteiger partial charge in [-0.2, -0.15) is 0 Å². The molecule has 31 heavy (non-hydrogen) atoms. The number of rotatable bonds is 5. The molecular weight excluding hydrogens is 486 g/mol. The zero-order valence-corrected chi connectivity index (χ0v) is 19.6. The van der Waals surface area contributed by atoms with Gasteiger partial charge in [0.05, 0.1) is 14.2 Å². The second-order valence-electron chi connectivity index (χ2n) is 7.02. The Morgan fingerprint density at radius 2 is 1.65 bits per heavy atom. The molecule has 0 heterocycles. The number of halogens is 4. The lowest BCUT2D eigenvalue weighted by Gasteiger charge is -2.49. The molecule has 3 atom stereocenters. The number of ketones is 2. The summed E-state index contributed by atoms with van der Waals surface area (Å²) in [6.45, 7) is 3.78. The fourth-order valence-electron chi connectivity index (χ4n) is 3.79. The number of carbonyl (C=O) groups is 2. The molecule has 1 aromatic carbocycles.